The van der Waals surface area contributed by atoms with Crippen LogP contribution in [0.1, 0.15) is 17.5 Å². The van der Waals surface area contributed by atoms with Gasteiger partial charge >= 0.3 is 0 Å². The average Bonchev–Trinajstić information content (AvgIpc) is 2.84. The lowest BCUT2D eigenvalue weighted by Gasteiger charge is -2.15. The van der Waals surface area contributed by atoms with Crippen molar-refractivity contribution in [1.82, 2.24) is 4.90 Å². The maximum absolute atomic E-state index is 13.1. The molecular weight excluding hydrogens is 284 g/mol. The summed E-state index contributed by atoms with van der Waals surface area (Å²) in [5.74, 6) is -2.56. The van der Waals surface area contributed by atoms with Crippen molar-refractivity contribution < 1.29 is 8.78 Å². The van der Waals surface area contributed by atoms with Gasteiger partial charge in [-0.2, -0.15) is 5.26 Å². The molecule has 0 aliphatic carbocycles. The highest BCUT2D eigenvalue weighted by molar-refractivity contribution is 6.09. The van der Waals surface area contributed by atoms with Crippen LogP contribution in [-0.2, 0) is 6.54 Å². The van der Waals surface area contributed by atoms with Crippen LogP contribution in [0.25, 0.3) is 5.57 Å². The van der Waals surface area contributed by atoms with E-state index < -0.39 is 5.92 Å². The highest BCUT2D eigenvalue weighted by Crippen LogP contribution is 2.27. The molecule has 0 atom stereocenters. The summed E-state index contributed by atoms with van der Waals surface area (Å²) in [6.07, 6.45) is 1.42. The van der Waals surface area contributed by atoms with Gasteiger partial charge in [0.1, 0.15) is 11.8 Å². The molecule has 0 bridgehead atoms. The quantitative estimate of drug-likeness (QED) is 0.615. The summed E-state index contributed by atoms with van der Waals surface area (Å²) in [7, 11) is 0. The van der Waals surface area contributed by atoms with Crippen molar-refractivity contribution in [3.63, 3.8) is 0 Å². The Morgan fingerprint density at radius 2 is 2.05 bits per heavy atom. The Labute approximate surface area is 128 Å². The molecule has 1 aliphatic heterocycles. The Morgan fingerprint density at radius 1 is 1.36 bits per heavy atom. The van der Waals surface area contributed by atoms with E-state index in [1.807, 2.05) is 30.3 Å². The number of aliphatic imine (C=N–C) groups is 1. The first-order valence-electron chi connectivity index (χ1n) is 6.91. The van der Waals surface area contributed by atoms with Crippen LogP contribution in [0.2, 0.25) is 0 Å². The van der Waals surface area contributed by atoms with Crippen molar-refractivity contribution in [2.24, 2.45) is 4.99 Å². The number of likely N-dealkylation sites (tertiary alicyclic amines) is 1. The highest BCUT2D eigenvalue weighted by Gasteiger charge is 2.37. The van der Waals surface area contributed by atoms with Gasteiger partial charge in [-0.25, -0.2) is 13.8 Å². The van der Waals surface area contributed by atoms with Crippen molar-refractivity contribution in [2.45, 2.75) is 18.9 Å². The molecule has 0 amide bonds. The summed E-state index contributed by atoms with van der Waals surface area (Å²) < 4.78 is 26.3. The van der Waals surface area contributed by atoms with Gasteiger partial charge in [0.2, 0.25) is 0 Å². The van der Waals surface area contributed by atoms with Crippen molar-refractivity contribution >= 4 is 11.8 Å². The molecule has 1 heterocycles. The van der Waals surface area contributed by atoms with Crippen molar-refractivity contribution in [2.75, 3.05) is 13.1 Å². The summed E-state index contributed by atoms with van der Waals surface area (Å²) in [5, 5.41) is 8.58. The number of nitriles is 1. The number of rotatable bonds is 5. The Bertz CT molecular complexity index is 639. The first-order valence-corrected chi connectivity index (χ1v) is 6.91. The Kier molecular flexibility index (Phi) is 4.84. The van der Waals surface area contributed by atoms with Gasteiger partial charge in [-0.3, -0.25) is 4.90 Å². The summed E-state index contributed by atoms with van der Waals surface area (Å²) >= 11 is 0. The Hall–Kier alpha value is -2.32. The smallest absolute Gasteiger partial charge is 0.261 e. The van der Waals surface area contributed by atoms with Crippen LogP contribution in [0.3, 0.4) is 0 Å². The molecule has 114 valence electrons. The second-order valence-corrected chi connectivity index (χ2v) is 5.36. The summed E-state index contributed by atoms with van der Waals surface area (Å²) in [4.78, 5) is 5.62. The molecule has 22 heavy (non-hydrogen) atoms. The molecule has 0 radical (unpaired) electrons. The van der Waals surface area contributed by atoms with E-state index >= 15 is 0 Å². The molecule has 3 nitrogen and oxygen atoms in total. The molecule has 0 unspecified atom stereocenters. The van der Waals surface area contributed by atoms with E-state index in [1.165, 1.54) is 6.21 Å². The highest BCUT2D eigenvalue weighted by atomic mass is 19.3. The van der Waals surface area contributed by atoms with E-state index in [-0.39, 0.29) is 18.7 Å². The lowest BCUT2D eigenvalue weighted by Crippen LogP contribution is -2.24. The van der Waals surface area contributed by atoms with E-state index in [1.54, 1.807) is 4.90 Å². The molecule has 0 aromatic heterocycles. The molecule has 2 rings (SSSR count). The maximum Gasteiger partial charge on any atom is 0.261 e. The van der Waals surface area contributed by atoms with Gasteiger partial charge in [0.05, 0.1) is 6.54 Å². The normalized spacial score (nSPS) is 17.5. The molecule has 0 spiro atoms. The van der Waals surface area contributed by atoms with Crippen LogP contribution < -0.4 is 0 Å². The first kappa shape index (κ1) is 16.1. The second kappa shape index (κ2) is 6.63. The van der Waals surface area contributed by atoms with E-state index in [0.717, 1.165) is 11.1 Å². The van der Waals surface area contributed by atoms with Crippen molar-refractivity contribution in [3.05, 3.63) is 54.2 Å². The van der Waals surface area contributed by atoms with E-state index in [2.05, 4.69) is 18.2 Å². The van der Waals surface area contributed by atoms with Gasteiger partial charge in [-0.15, -0.1) is 0 Å². The summed E-state index contributed by atoms with van der Waals surface area (Å²) in [6.45, 7) is 8.09. The minimum absolute atomic E-state index is 0.0683. The summed E-state index contributed by atoms with van der Waals surface area (Å²) in [6, 6.07) is 9.35. The number of hydrogen-bond donors (Lipinski definition) is 0. The average molecular weight is 301 g/mol. The molecule has 5 heteroatoms. The standard InChI is InChI=1S/C17H17F2N3/c1-13(10-21-14(2)9-20)16-5-3-15(4-6-16)11-22-8-7-17(18,19)12-22/h3-6,10H,1-2,7-8,11-12H2/b21-10+. The van der Waals surface area contributed by atoms with Crippen LogP contribution in [-0.4, -0.2) is 30.1 Å². The molecule has 1 aromatic carbocycles. The van der Waals surface area contributed by atoms with Gasteiger partial charge in [-0.1, -0.05) is 37.4 Å². The lowest BCUT2D eigenvalue weighted by molar-refractivity contribution is 0.0115. The molecule has 1 aliphatic rings. The third-order valence-corrected chi connectivity index (χ3v) is 3.48. The zero-order valence-electron chi connectivity index (χ0n) is 12.2. The zero-order chi connectivity index (χ0) is 16.2. The van der Waals surface area contributed by atoms with Crippen molar-refractivity contribution in [1.29, 1.82) is 5.26 Å². The minimum Gasteiger partial charge on any atom is -0.293 e. The van der Waals surface area contributed by atoms with E-state index in [9.17, 15) is 8.78 Å². The number of benzene rings is 1. The van der Waals surface area contributed by atoms with Gasteiger partial charge < -0.3 is 0 Å². The van der Waals surface area contributed by atoms with E-state index in [0.29, 0.717) is 18.7 Å². The van der Waals surface area contributed by atoms with Gasteiger partial charge in [0.25, 0.3) is 5.92 Å². The van der Waals surface area contributed by atoms with E-state index in [4.69, 9.17) is 5.26 Å². The molecule has 0 N–H and O–H groups in total. The SMILES string of the molecule is C=C(C#N)/N=C/C(=C)c1ccc(CN2CCC(F)(F)C2)cc1. The van der Waals surface area contributed by atoms with Gasteiger partial charge in [0.15, 0.2) is 0 Å². The molecule has 1 aromatic rings. The fraction of sp³-hybridized carbons (Fsp3) is 0.294. The lowest BCUT2D eigenvalue weighted by atomic mass is 10.1. The Morgan fingerprint density at radius 3 is 2.59 bits per heavy atom. The zero-order valence-corrected chi connectivity index (χ0v) is 12.2. The van der Waals surface area contributed by atoms with Crippen molar-refractivity contribution in [3.8, 4) is 6.07 Å². The number of halogens is 2. The number of nitrogens with zero attached hydrogens (tertiary/aromatic N) is 3. The number of allylic oxidation sites excluding steroid dienone is 2. The first-order chi connectivity index (χ1) is 10.4. The van der Waals surface area contributed by atoms with Crippen LogP contribution in [0, 0.1) is 11.3 Å². The predicted molar refractivity (Wildman–Crippen MR) is 83.6 cm³/mol. The maximum atomic E-state index is 13.1. The third-order valence-electron chi connectivity index (χ3n) is 3.48. The predicted octanol–water partition coefficient (Wildman–Crippen LogP) is 3.65. The molecular formula is C17H17F2N3. The number of hydrogen-bond acceptors (Lipinski definition) is 3. The Balaban J connectivity index is 1.96. The van der Waals surface area contributed by atoms with Crippen LogP contribution in [0.15, 0.2) is 48.1 Å². The fourth-order valence-electron chi connectivity index (χ4n) is 2.28. The van der Waals surface area contributed by atoms with Crippen LogP contribution in [0.5, 0.6) is 0 Å². The number of alkyl halides is 2. The fourth-order valence-corrected chi connectivity index (χ4v) is 2.28. The molecule has 1 fully saturated rings. The second-order valence-electron chi connectivity index (χ2n) is 5.36. The monoisotopic (exact) mass is 301 g/mol. The minimum atomic E-state index is -2.56. The molecule has 1 saturated heterocycles. The molecule has 0 saturated carbocycles. The van der Waals surface area contributed by atoms with Gasteiger partial charge in [0, 0.05) is 25.7 Å². The topological polar surface area (TPSA) is 39.4 Å². The van der Waals surface area contributed by atoms with Gasteiger partial charge in [-0.05, 0) is 16.7 Å². The summed E-state index contributed by atoms with van der Waals surface area (Å²) in [5.41, 5.74) is 2.63. The largest absolute Gasteiger partial charge is 0.293 e. The van der Waals surface area contributed by atoms with Crippen LogP contribution >= 0.6 is 0 Å². The third kappa shape index (κ3) is 4.34. The van der Waals surface area contributed by atoms with Crippen LogP contribution in [0.4, 0.5) is 8.78 Å².